The summed E-state index contributed by atoms with van der Waals surface area (Å²) in [4.78, 5) is 24.0. The van der Waals surface area contributed by atoms with Crippen molar-refractivity contribution in [3.05, 3.63) is 23.3 Å². The highest BCUT2D eigenvalue weighted by Gasteiger charge is 2.48. The van der Waals surface area contributed by atoms with Gasteiger partial charge in [0, 0.05) is 11.3 Å². The third-order valence-corrected chi connectivity index (χ3v) is 3.70. The van der Waals surface area contributed by atoms with E-state index in [9.17, 15) is 9.59 Å². The third-order valence-electron chi connectivity index (χ3n) is 3.70. The summed E-state index contributed by atoms with van der Waals surface area (Å²) in [5.41, 5.74) is 1.37. The van der Waals surface area contributed by atoms with Crippen LogP contribution in [0.25, 0.3) is 0 Å². The van der Waals surface area contributed by atoms with Crippen LogP contribution >= 0.6 is 0 Å². The molecule has 2 heteroatoms. The van der Waals surface area contributed by atoms with Gasteiger partial charge < -0.3 is 0 Å². The normalized spacial score (nSPS) is 35.8. The lowest BCUT2D eigenvalue weighted by atomic mass is 9.60. The van der Waals surface area contributed by atoms with E-state index in [4.69, 9.17) is 0 Å². The van der Waals surface area contributed by atoms with E-state index in [1.54, 1.807) is 6.92 Å². The van der Waals surface area contributed by atoms with Crippen LogP contribution in [0.5, 0.6) is 0 Å². The van der Waals surface area contributed by atoms with Crippen LogP contribution in [0.4, 0.5) is 0 Å². The number of hydrogen-bond acceptors (Lipinski definition) is 2. The first kappa shape index (κ1) is 10.3. The summed E-state index contributed by atoms with van der Waals surface area (Å²) in [6.45, 7) is 5.72. The predicted molar refractivity (Wildman–Crippen MR) is 58.4 cm³/mol. The van der Waals surface area contributed by atoms with Crippen molar-refractivity contribution < 1.29 is 9.59 Å². The number of fused-ring (bicyclic) bond motifs is 1. The average Bonchev–Trinajstić information content (AvgIpc) is 2.14. The van der Waals surface area contributed by atoms with Gasteiger partial charge in [0.1, 0.15) is 0 Å². The molecule has 0 N–H and O–H groups in total. The maximum absolute atomic E-state index is 12.1. The Balaban J connectivity index is 2.49. The molecule has 2 atom stereocenters. The summed E-state index contributed by atoms with van der Waals surface area (Å²) < 4.78 is 0. The van der Waals surface area contributed by atoms with Gasteiger partial charge in [-0.3, -0.25) is 9.59 Å². The Kier molecular flexibility index (Phi) is 2.18. The van der Waals surface area contributed by atoms with Gasteiger partial charge in [-0.25, -0.2) is 0 Å². The molecule has 2 aliphatic rings. The molecule has 0 fully saturated rings. The summed E-state index contributed by atoms with van der Waals surface area (Å²) in [6, 6.07) is 0. The zero-order valence-electron chi connectivity index (χ0n) is 9.46. The van der Waals surface area contributed by atoms with Gasteiger partial charge in [0.2, 0.25) is 0 Å². The van der Waals surface area contributed by atoms with Crippen molar-refractivity contribution in [1.29, 1.82) is 0 Å². The Hall–Kier alpha value is -1.18. The van der Waals surface area contributed by atoms with Gasteiger partial charge in [0.25, 0.3) is 0 Å². The molecule has 0 aromatic carbocycles. The molecule has 2 rings (SSSR count). The summed E-state index contributed by atoms with van der Waals surface area (Å²) >= 11 is 0. The highest BCUT2D eigenvalue weighted by molar-refractivity contribution is 6.12. The van der Waals surface area contributed by atoms with Crippen molar-refractivity contribution in [1.82, 2.24) is 0 Å². The number of rotatable bonds is 0. The molecule has 0 unspecified atom stereocenters. The summed E-state index contributed by atoms with van der Waals surface area (Å²) in [6.07, 6.45) is 5.06. The fourth-order valence-electron chi connectivity index (χ4n) is 2.85. The van der Waals surface area contributed by atoms with E-state index >= 15 is 0 Å². The minimum absolute atomic E-state index is 0.123. The lowest BCUT2D eigenvalue weighted by Crippen LogP contribution is -2.45. The van der Waals surface area contributed by atoms with E-state index in [2.05, 4.69) is 6.08 Å². The molecule has 0 radical (unpaired) electrons. The quantitative estimate of drug-likeness (QED) is 0.568. The third kappa shape index (κ3) is 1.39. The largest absolute Gasteiger partial charge is 0.294 e. The highest BCUT2D eigenvalue weighted by Crippen LogP contribution is 2.45. The zero-order valence-corrected chi connectivity index (χ0v) is 9.46. The highest BCUT2D eigenvalue weighted by atomic mass is 16.1. The second kappa shape index (κ2) is 3.16. The molecule has 15 heavy (non-hydrogen) atoms. The molecule has 0 aromatic rings. The molecule has 2 aliphatic carbocycles. The van der Waals surface area contributed by atoms with Gasteiger partial charge in [-0.15, -0.1) is 0 Å². The van der Waals surface area contributed by atoms with Crippen molar-refractivity contribution in [2.75, 3.05) is 0 Å². The second-order valence-electron chi connectivity index (χ2n) is 4.99. The van der Waals surface area contributed by atoms with E-state index in [0.29, 0.717) is 5.57 Å². The molecule has 0 saturated heterocycles. The standard InChI is InChI=1S/C13H16O2/c1-8-4-5-10-11(14)6-9(2)12(15)13(10,3)7-8/h4,6,10H,5,7H2,1-3H3/t10-,13-/m0/s1. The number of hydrogen-bond donors (Lipinski definition) is 0. The van der Waals surface area contributed by atoms with Crippen LogP contribution in [0.15, 0.2) is 23.3 Å². The van der Waals surface area contributed by atoms with Crippen molar-refractivity contribution in [2.45, 2.75) is 33.6 Å². The van der Waals surface area contributed by atoms with E-state index in [-0.39, 0.29) is 17.5 Å². The molecule has 0 amide bonds. The maximum Gasteiger partial charge on any atom is 0.165 e. The van der Waals surface area contributed by atoms with Gasteiger partial charge in [0.15, 0.2) is 11.6 Å². The first-order valence-electron chi connectivity index (χ1n) is 5.38. The summed E-state index contributed by atoms with van der Waals surface area (Å²) in [7, 11) is 0. The number of Topliss-reactive ketones (excluding diaryl/α,β-unsaturated/α-hetero) is 1. The molecule has 0 aliphatic heterocycles. The monoisotopic (exact) mass is 204 g/mol. The van der Waals surface area contributed by atoms with Crippen LogP contribution in [-0.4, -0.2) is 11.6 Å². The Labute approximate surface area is 90.1 Å². The molecular formula is C13H16O2. The first-order chi connectivity index (χ1) is 6.95. The number of carbonyl (C=O) groups excluding carboxylic acids is 2. The Bertz CT molecular complexity index is 401. The minimum atomic E-state index is -0.477. The van der Waals surface area contributed by atoms with Crippen LogP contribution in [0.2, 0.25) is 0 Å². The maximum atomic E-state index is 12.1. The summed E-state index contributed by atoms with van der Waals surface area (Å²) in [5.74, 6) is 0.148. The van der Waals surface area contributed by atoms with E-state index in [1.165, 1.54) is 11.6 Å². The topological polar surface area (TPSA) is 34.1 Å². The zero-order chi connectivity index (χ0) is 11.2. The first-order valence-corrected chi connectivity index (χ1v) is 5.38. The molecule has 0 bridgehead atoms. The minimum Gasteiger partial charge on any atom is -0.294 e. The van der Waals surface area contributed by atoms with Crippen molar-refractivity contribution >= 4 is 11.6 Å². The van der Waals surface area contributed by atoms with Crippen LogP contribution < -0.4 is 0 Å². The fraction of sp³-hybridized carbons (Fsp3) is 0.538. The summed E-state index contributed by atoms with van der Waals surface area (Å²) in [5, 5.41) is 0. The van der Waals surface area contributed by atoms with E-state index in [0.717, 1.165) is 12.8 Å². The Morgan fingerprint density at radius 2 is 2.00 bits per heavy atom. The molecule has 0 aromatic heterocycles. The van der Waals surface area contributed by atoms with Crippen LogP contribution in [-0.2, 0) is 9.59 Å². The van der Waals surface area contributed by atoms with Crippen molar-refractivity contribution in [2.24, 2.45) is 11.3 Å². The van der Waals surface area contributed by atoms with Crippen molar-refractivity contribution in [3.63, 3.8) is 0 Å². The molecule has 80 valence electrons. The molecule has 0 spiro atoms. The molecule has 0 heterocycles. The second-order valence-corrected chi connectivity index (χ2v) is 4.99. The van der Waals surface area contributed by atoms with Crippen LogP contribution in [0, 0.1) is 11.3 Å². The van der Waals surface area contributed by atoms with Gasteiger partial charge in [-0.05, 0) is 38.3 Å². The van der Waals surface area contributed by atoms with Gasteiger partial charge >= 0.3 is 0 Å². The van der Waals surface area contributed by atoms with E-state index < -0.39 is 5.41 Å². The van der Waals surface area contributed by atoms with Gasteiger partial charge in [0.05, 0.1) is 0 Å². The van der Waals surface area contributed by atoms with Crippen molar-refractivity contribution in [3.8, 4) is 0 Å². The Morgan fingerprint density at radius 1 is 1.33 bits per heavy atom. The predicted octanol–water partition coefficient (Wildman–Crippen LogP) is 2.45. The lowest BCUT2D eigenvalue weighted by Gasteiger charge is -2.40. The number of allylic oxidation sites excluding steroid dienone is 4. The lowest BCUT2D eigenvalue weighted by molar-refractivity contribution is -0.136. The van der Waals surface area contributed by atoms with E-state index in [1.807, 2.05) is 13.8 Å². The molecule has 0 saturated carbocycles. The average molecular weight is 204 g/mol. The van der Waals surface area contributed by atoms with Gasteiger partial charge in [-0.2, -0.15) is 0 Å². The number of carbonyl (C=O) groups is 2. The fourth-order valence-corrected chi connectivity index (χ4v) is 2.85. The smallest absolute Gasteiger partial charge is 0.165 e. The van der Waals surface area contributed by atoms with Crippen LogP contribution in [0.3, 0.4) is 0 Å². The molecule has 2 nitrogen and oxygen atoms in total. The SMILES string of the molecule is CC1=CC[C@H]2C(=O)C=C(C)C(=O)[C@@]2(C)C1. The van der Waals surface area contributed by atoms with Crippen LogP contribution in [0.1, 0.15) is 33.6 Å². The molecular weight excluding hydrogens is 188 g/mol. The Morgan fingerprint density at radius 3 is 2.67 bits per heavy atom. The number of ketones is 2. The van der Waals surface area contributed by atoms with Gasteiger partial charge in [-0.1, -0.05) is 18.6 Å².